The van der Waals surface area contributed by atoms with Gasteiger partial charge in [-0.3, -0.25) is 0 Å². The topological polar surface area (TPSA) is 40.2 Å². The van der Waals surface area contributed by atoms with Gasteiger partial charge in [0.25, 0.3) is 0 Å². The second-order valence-corrected chi connectivity index (χ2v) is 6.73. The van der Waals surface area contributed by atoms with Gasteiger partial charge in [0.2, 0.25) is 0 Å². The van der Waals surface area contributed by atoms with Gasteiger partial charge in [-0.1, -0.05) is 60.7 Å². The normalized spacial score (nSPS) is 15.1. The summed E-state index contributed by atoms with van der Waals surface area (Å²) in [7, 11) is 0. The molecule has 0 aromatic heterocycles. The van der Waals surface area contributed by atoms with Crippen molar-refractivity contribution >= 4 is 0 Å². The molecule has 1 saturated heterocycles. The van der Waals surface area contributed by atoms with E-state index >= 15 is 0 Å². The van der Waals surface area contributed by atoms with E-state index < -0.39 is 0 Å². The molecule has 4 nitrogen and oxygen atoms in total. The molecule has 1 atom stereocenters. The lowest BCUT2D eigenvalue weighted by atomic mass is 10.2. The van der Waals surface area contributed by atoms with Crippen molar-refractivity contribution in [2.75, 3.05) is 19.8 Å². The molecule has 144 valence electrons. The smallest absolute Gasteiger partial charge is 0.164 e. The third kappa shape index (κ3) is 5.51. The van der Waals surface area contributed by atoms with Crippen LogP contribution in [-0.2, 0) is 17.8 Å². The Labute approximate surface area is 165 Å². The van der Waals surface area contributed by atoms with Crippen LogP contribution in [0, 0.1) is 0 Å². The first-order valence-electron chi connectivity index (χ1n) is 9.59. The van der Waals surface area contributed by atoms with Crippen molar-refractivity contribution < 1.29 is 18.9 Å². The zero-order chi connectivity index (χ0) is 19.0. The zero-order valence-electron chi connectivity index (χ0n) is 15.8. The summed E-state index contributed by atoms with van der Waals surface area (Å²) in [5, 5.41) is 0. The van der Waals surface area contributed by atoms with Gasteiger partial charge in [-0.25, -0.2) is 0 Å². The molecule has 0 N–H and O–H groups in total. The number of epoxide rings is 1. The van der Waals surface area contributed by atoms with E-state index in [1.54, 1.807) is 0 Å². The molecule has 0 saturated carbocycles. The average molecular weight is 376 g/mol. The highest BCUT2D eigenvalue weighted by molar-refractivity contribution is 5.45. The zero-order valence-corrected chi connectivity index (χ0v) is 15.8. The van der Waals surface area contributed by atoms with Crippen molar-refractivity contribution in [2.45, 2.75) is 19.1 Å². The van der Waals surface area contributed by atoms with Crippen molar-refractivity contribution in [3.8, 4) is 17.2 Å². The van der Waals surface area contributed by atoms with Crippen molar-refractivity contribution in [1.82, 2.24) is 0 Å². The Morgan fingerprint density at radius 1 is 0.750 bits per heavy atom. The lowest BCUT2D eigenvalue weighted by Crippen LogP contribution is -2.06. The van der Waals surface area contributed by atoms with E-state index in [0.29, 0.717) is 31.3 Å². The lowest BCUT2D eigenvalue weighted by molar-refractivity contribution is 0.250. The van der Waals surface area contributed by atoms with Crippen molar-refractivity contribution in [3.63, 3.8) is 0 Å². The van der Waals surface area contributed by atoms with Crippen LogP contribution in [0.25, 0.3) is 0 Å². The Kier molecular flexibility index (Phi) is 6.10. The van der Waals surface area contributed by atoms with E-state index in [9.17, 15) is 0 Å². The summed E-state index contributed by atoms with van der Waals surface area (Å²) < 4.78 is 23.1. The number of rotatable bonds is 10. The Morgan fingerprint density at radius 2 is 1.46 bits per heavy atom. The lowest BCUT2D eigenvalue weighted by Gasteiger charge is -2.15. The quantitative estimate of drug-likeness (QED) is 0.482. The monoisotopic (exact) mass is 376 g/mol. The molecule has 0 aliphatic carbocycles. The minimum Gasteiger partial charge on any atom is -0.491 e. The molecule has 0 spiro atoms. The van der Waals surface area contributed by atoms with Crippen LogP contribution in [0.3, 0.4) is 0 Å². The first-order chi connectivity index (χ1) is 13.9. The summed E-state index contributed by atoms with van der Waals surface area (Å²) >= 11 is 0. The Morgan fingerprint density at radius 3 is 2.18 bits per heavy atom. The molecule has 4 heteroatoms. The second kappa shape index (κ2) is 9.29. The number of ether oxygens (including phenoxy) is 4. The predicted octanol–water partition coefficient (Wildman–Crippen LogP) is 4.66. The van der Waals surface area contributed by atoms with Gasteiger partial charge >= 0.3 is 0 Å². The Balaban J connectivity index is 1.41. The van der Waals surface area contributed by atoms with Gasteiger partial charge in [0.05, 0.1) is 13.2 Å². The van der Waals surface area contributed by atoms with Crippen LogP contribution in [0.2, 0.25) is 0 Å². The Bertz CT molecular complexity index is 860. The van der Waals surface area contributed by atoms with E-state index in [-0.39, 0.29) is 6.10 Å². The highest BCUT2D eigenvalue weighted by Gasteiger charge is 2.23. The fraction of sp³-hybridized carbons (Fsp3) is 0.250. The fourth-order valence-corrected chi connectivity index (χ4v) is 2.82. The molecule has 3 aromatic rings. The number of benzene rings is 3. The molecule has 0 radical (unpaired) electrons. The third-order valence-electron chi connectivity index (χ3n) is 4.48. The molecule has 1 unspecified atom stereocenters. The van der Waals surface area contributed by atoms with Crippen molar-refractivity contribution in [3.05, 3.63) is 90.0 Å². The largest absolute Gasteiger partial charge is 0.491 e. The highest BCUT2D eigenvalue weighted by atomic mass is 16.6. The number of hydrogen-bond acceptors (Lipinski definition) is 4. The van der Waals surface area contributed by atoms with Crippen LogP contribution in [-0.4, -0.2) is 25.9 Å². The molecule has 0 bridgehead atoms. The summed E-state index contributed by atoms with van der Waals surface area (Å²) in [5.74, 6) is 2.17. The maximum atomic E-state index is 6.06. The highest BCUT2D eigenvalue weighted by Crippen LogP contribution is 2.33. The maximum Gasteiger partial charge on any atom is 0.164 e. The van der Waals surface area contributed by atoms with Gasteiger partial charge < -0.3 is 18.9 Å². The summed E-state index contributed by atoms with van der Waals surface area (Å²) in [4.78, 5) is 0. The molecule has 28 heavy (non-hydrogen) atoms. The molecule has 1 aliphatic rings. The van der Waals surface area contributed by atoms with Gasteiger partial charge in [-0.15, -0.1) is 0 Å². The minimum atomic E-state index is 0.219. The first kappa shape index (κ1) is 18.4. The molecule has 0 amide bonds. The fourth-order valence-electron chi connectivity index (χ4n) is 2.82. The van der Waals surface area contributed by atoms with Crippen LogP contribution in [0.1, 0.15) is 11.1 Å². The molecular formula is C24H24O4. The molecular weight excluding hydrogens is 352 g/mol. The second-order valence-electron chi connectivity index (χ2n) is 6.73. The van der Waals surface area contributed by atoms with Gasteiger partial charge in [0.15, 0.2) is 11.5 Å². The van der Waals surface area contributed by atoms with E-state index in [2.05, 4.69) is 12.1 Å². The molecule has 1 heterocycles. The number of hydrogen-bond donors (Lipinski definition) is 0. The van der Waals surface area contributed by atoms with Crippen LogP contribution < -0.4 is 14.2 Å². The summed E-state index contributed by atoms with van der Waals surface area (Å²) in [6.07, 6.45) is 1.05. The molecule has 1 aliphatic heterocycles. The van der Waals surface area contributed by atoms with Crippen LogP contribution in [0.5, 0.6) is 17.2 Å². The first-order valence-corrected chi connectivity index (χ1v) is 9.59. The van der Waals surface area contributed by atoms with E-state index in [1.165, 1.54) is 5.56 Å². The summed E-state index contributed by atoms with van der Waals surface area (Å²) in [5.41, 5.74) is 2.36. The molecule has 4 rings (SSSR count). The van der Waals surface area contributed by atoms with Crippen molar-refractivity contribution in [2.24, 2.45) is 0 Å². The minimum absolute atomic E-state index is 0.219. The van der Waals surface area contributed by atoms with Crippen molar-refractivity contribution in [1.29, 1.82) is 0 Å². The van der Waals surface area contributed by atoms with Crippen LogP contribution >= 0.6 is 0 Å². The van der Waals surface area contributed by atoms with Gasteiger partial charge in [0, 0.05) is 12.5 Å². The maximum absolute atomic E-state index is 6.06. The molecule has 1 fully saturated rings. The standard InChI is InChI=1S/C24H24O4/c1-3-7-19(8-4-1)13-14-25-24-15-21(26-17-22-18-27-22)11-12-23(24)28-16-20-9-5-2-6-10-20/h1-12,15,22H,13-14,16-18H2. The average Bonchev–Trinajstić information content (AvgIpc) is 3.58. The van der Waals surface area contributed by atoms with Gasteiger partial charge in [0.1, 0.15) is 25.1 Å². The van der Waals surface area contributed by atoms with Gasteiger partial charge in [-0.2, -0.15) is 0 Å². The Hall–Kier alpha value is -2.98. The SMILES string of the molecule is c1ccc(CCOc2cc(OCC3CO3)ccc2OCc2ccccc2)cc1. The third-order valence-corrected chi connectivity index (χ3v) is 4.48. The van der Waals surface area contributed by atoms with Gasteiger partial charge in [-0.05, 0) is 23.3 Å². The summed E-state index contributed by atoms with van der Waals surface area (Å²) in [6.45, 7) is 2.40. The summed E-state index contributed by atoms with van der Waals surface area (Å²) in [6, 6.07) is 26.1. The van der Waals surface area contributed by atoms with Crippen LogP contribution in [0.4, 0.5) is 0 Å². The van der Waals surface area contributed by atoms with E-state index in [4.69, 9.17) is 18.9 Å². The molecule has 3 aromatic carbocycles. The predicted molar refractivity (Wildman–Crippen MR) is 108 cm³/mol. The van der Waals surface area contributed by atoms with Crippen LogP contribution in [0.15, 0.2) is 78.9 Å². The van der Waals surface area contributed by atoms with E-state index in [1.807, 2.05) is 66.7 Å². The van der Waals surface area contributed by atoms with E-state index in [0.717, 1.165) is 24.3 Å².